The molecule has 0 aliphatic rings. The zero-order valence-corrected chi connectivity index (χ0v) is 8.66. The van der Waals surface area contributed by atoms with Gasteiger partial charge in [-0.25, -0.2) is 0 Å². The first-order chi connectivity index (χ1) is 0. The second kappa shape index (κ2) is 17.8. The second-order valence-electron chi connectivity index (χ2n) is 0. The fourth-order valence-electron chi connectivity index (χ4n) is 0. The van der Waals surface area contributed by atoms with Gasteiger partial charge in [-0.2, -0.15) is 0 Å². The van der Waals surface area contributed by atoms with Gasteiger partial charge in [0, 0.05) is 0 Å². The van der Waals surface area contributed by atoms with Crippen molar-refractivity contribution in [2.24, 2.45) is 0 Å². The minimum absolute atomic E-state index is 0. The number of hydrogen-bond donors (Lipinski definition) is 0. The molecule has 17 valence electrons. The molecule has 0 aromatic heterocycles. The molecule has 0 N–H and O–H groups in total. The van der Waals surface area contributed by atoms with Gasteiger partial charge in [0.05, 0.1) is 0 Å². The fraction of sp³-hybridized carbons (Fsp3) is 0. The van der Waals surface area contributed by atoms with Gasteiger partial charge >= 0.3 is 77.3 Å². The molecule has 0 rings (SSSR count). The average molecular weight is 311 g/mol. The Morgan fingerprint density at radius 3 is 0.750 bits per heavy atom. The Kier molecular flexibility index (Phi) is 141. The normalized spacial score (nSPS) is 0. The van der Waals surface area contributed by atoms with E-state index >= 15 is 0 Å². The number of rotatable bonds is 0. The third-order valence-corrected chi connectivity index (χ3v) is 0. The molecule has 0 aliphatic heterocycles. The predicted molar refractivity (Wildman–Crippen MR) is 1.37 cm³/mol. The van der Waals surface area contributed by atoms with Crippen LogP contribution >= 0.6 is 0 Å². The fourth-order valence-corrected chi connectivity index (χ4v) is 0. The largest absolute Gasteiger partial charge is 3.00 e. The molecule has 0 saturated carbocycles. The van der Waals surface area contributed by atoms with E-state index in [2.05, 4.69) is 0 Å². The Hall–Kier alpha value is 2.49. The molecule has 0 atom stereocenters. The van der Waals surface area contributed by atoms with Gasteiger partial charge in [0.25, 0.3) is 0 Å². The third kappa shape index (κ3) is 8.82. The van der Waals surface area contributed by atoms with Crippen LogP contribution in [-0.4, -0.2) is 0 Å². The molecule has 0 aliphatic carbocycles. The van der Waals surface area contributed by atoms with E-state index in [4.69, 9.17) is 0 Å². The van der Waals surface area contributed by atoms with Crippen LogP contribution in [0.5, 0.6) is 0 Å². The van der Waals surface area contributed by atoms with E-state index in [1.54, 1.807) is 0 Å². The summed E-state index contributed by atoms with van der Waals surface area (Å²) in [6.45, 7) is 0. The van der Waals surface area contributed by atoms with Gasteiger partial charge < -0.3 is 11.0 Å². The van der Waals surface area contributed by atoms with E-state index in [1.165, 1.54) is 0 Å². The van der Waals surface area contributed by atoms with E-state index in [1.807, 2.05) is 0 Å². The van der Waals surface area contributed by atoms with Crippen LogP contribution in [0.3, 0.4) is 0 Å². The standard InChI is InChI=1S/Ce.La.2O/q2*+3;2*-2. The van der Waals surface area contributed by atoms with Crippen molar-refractivity contribution in [3.05, 3.63) is 0 Å². The van der Waals surface area contributed by atoms with Crippen LogP contribution in [0.2, 0.25) is 0 Å². The zero-order valence-electron chi connectivity index (χ0n) is 1.89. The number of hydrogen-bond acceptors (Lipinski definition) is 0. The van der Waals surface area contributed by atoms with E-state index in [0.29, 0.717) is 0 Å². The molecule has 4 heavy (non-hydrogen) atoms. The summed E-state index contributed by atoms with van der Waals surface area (Å²) >= 11 is 0. The molecule has 0 spiro atoms. The summed E-state index contributed by atoms with van der Waals surface area (Å²) in [5.74, 6) is 0. The smallest absolute Gasteiger partial charge is 2.00 e. The summed E-state index contributed by atoms with van der Waals surface area (Å²) in [5, 5.41) is 0. The Balaban J connectivity index is 0. The van der Waals surface area contributed by atoms with Crippen molar-refractivity contribution in [2.75, 3.05) is 0 Å². The molecule has 4 heteroatoms. The van der Waals surface area contributed by atoms with Crippen LogP contribution in [0.1, 0.15) is 0 Å². The summed E-state index contributed by atoms with van der Waals surface area (Å²) < 4.78 is 0. The van der Waals surface area contributed by atoms with Gasteiger partial charge in [0.15, 0.2) is 0 Å². The Bertz CT molecular complexity index is 6.00. The third-order valence-electron chi connectivity index (χ3n) is 0. The molecule has 0 unspecified atom stereocenters. The molecule has 0 fully saturated rings. The summed E-state index contributed by atoms with van der Waals surface area (Å²) in [6.07, 6.45) is 0. The molecule has 2 nitrogen and oxygen atoms in total. The van der Waals surface area contributed by atoms with Crippen molar-refractivity contribution in [3.63, 3.8) is 0 Å². The second-order valence-corrected chi connectivity index (χ2v) is 0. The van der Waals surface area contributed by atoms with E-state index in [0.717, 1.165) is 0 Å². The van der Waals surface area contributed by atoms with Gasteiger partial charge in [0.1, 0.15) is 0 Å². The maximum absolute atomic E-state index is 0. The quantitative estimate of drug-likeness (QED) is 0.593. The average Bonchev–Trinajstić information content (AvgIpc) is 0. The Morgan fingerprint density at radius 2 is 0.750 bits per heavy atom. The van der Waals surface area contributed by atoms with Crippen LogP contribution < -0.4 is 0 Å². The molecule has 0 amide bonds. The van der Waals surface area contributed by atoms with Gasteiger partial charge in [-0.15, -0.1) is 0 Å². The van der Waals surface area contributed by atoms with Crippen molar-refractivity contribution in [1.82, 2.24) is 0 Å². The summed E-state index contributed by atoms with van der Waals surface area (Å²) in [7, 11) is 0. The van der Waals surface area contributed by atoms with Crippen LogP contribution in [0.25, 0.3) is 0 Å². The molecule has 0 aromatic rings. The molecule has 0 saturated heterocycles. The van der Waals surface area contributed by atoms with Crippen LogP contribution in [0.4, 0.5) is 0 Å². The van der Waals surface area contributed by atoms with E-state index < -0.39 is 0 Å². The maximum atomic E-state index is 0. The first kappa shape index (κ1) is 31.5. The molecule has 0 bridgehead atoms. The Morgan fingerprint density at radius 1 is 0.750 bits per heavy atom. The van der Waals surface area contributed by atoms with Crippen molar-refractivity contribution < 1.29 is 88.3 Å². The maximum Gasteiger partial charge on any atom is 3.00 e. The van der Waals surface area contributed by atoms with E-state index in [9.17, 15) is 0 Å². The zero-order chi connectivity index (χ0) is 0. The van der Waals surface area contributed by atoms with E-state index in [-0.39, 0.29) is 88.3 Å². The summed E-state index contributed by atoms with van der Waals surface area (Å²) in [6, 6.07) is 0. The van der Waals surface area contributed by atoms with Gasteiger partial charge in [0.2, 0.25) is 0 Å². The van der Waals surface area contributed by atoms with Gasteiger partial charge in [-0.1, -0.05) is 0 Å². The molecule has 1 radical (unpaired) electrons. The van der Waals surface area contributed by atoms with Crippen LogP contribution in [0, 0.1) is 77.3 Å². The first-order valence-corrected chi connectivity index (χ1v) is 0. The van der Waals surface area contributed by atoms with Crippen molar-refractivity contribution >= 4 is 0 Å². The van der Waals surface area contributed by atoms with Crippen molar-refractivity contribution in [1.29, 1.82) is 0 Å². The Labute approximate surface area is 86.3 Å². The molecule has 0 aromatic carbocycles. The minimum atomic E-state index is 0. The van der Waals surface area contributed by atoms with Crippen molar-refractivity contribution in [2.45, 2.75) is 0 Å². The monoisotopic (exact) mass is 311 g/mol. The molecular weight excluding hydrogens is 311 g/mol. The molecule has 0 heterocycles. The first-order valence-electron chi connectivity index (χ1n) is 0. The topological polar surface area (TPSA) is 57.0 Å². The van der Waals surface area contributed by atoms with Gasteiger partial charge in [-0.05, 0) is 0 Å². The predicted octanol–water partition coefficient (Wildman–Crippen LogP) is -0.238. The SMILES string of the molecule is [Ce+3].[La+3].[O-2].[O-2]. The molecular formula is CeLaO2+2. The van der Waals surface area contributed by atoms with Crippen molar-refractivity contribution in [3.8, 4) is 0 Å². The van der Waals surface area contributed by atoms with Crippen LogP contribution in [-0.2, 0) is 11.0 Å². The summed E-state index contributed by atoms with van der Waals surface area (Å²) in [5.41, 5.74) is 0. The van der Waals surface area contributed by atoms with Gasteiger partial charge in [-0.3, -0.25) is 0 Å². The minimum Gasteiger partial charge on any atom is -2.00 e. The summed E-state index contributed by atoms with van der Waals surface area (Å²) in [4.78, 5) is 0. The van der Waals surface area contributed by atoms with Crippen LogP contribution in [0.15, 0.2) is 0 Å².